The molecular formula is C14H24N2O2. The Morgan fingerprint density at radius 2 is 2.06 bits per heavy atom. The molecular weight excluding hydrogens is 228 g/mol. The summed E-state index contributed by atoms with van der Waals surface area (Å²) in [5.41, 5.74) is 0. The van der Waals surface area contributed by atoms with Gasteiger partial charge in [-0.2, -0.15) is 5.26 Å². The van der Waals surface area contributed by atoms with Crippen LogP contribution in [0.25, 0.3) is 0 Å². The first-order valence-corrected chi connectivity index (χ1v) is 6.92. The Balaban J connectivity index is 2.21. The van der Waals surface area contributed by atoms with Gasteiger partial charge in [-0.3, -0.25) is 4.79 Å². The predicted molar refractivity (Wildman–Crippen MR) is 69.8 cm³/mol. The zero-order valence-corrected chi connectivity index (χ0v) is 11.4. The molecule has 0 radical (unpaired) electrons. The average molecular weight is 252 g/mol. The summed E-state index contributed by atoms with van der Waals surface area (Å²) < 4.78 is 5.57. The van der Waals surface area contributed by atoms with Gasteiger partial charge in [0.2, 0.25) is 5.91 Å². The standard InChI is InChI=1S/C14H24N2O2/c1-11(2)8-12(9-15)16-14(17)10-18-13-6-4-3-5-7-13/h11-13H,3-8,10H2,1-2H3,(H,16,17). The van der Waals surface area contributed by atoms with Crippen molar-refractivity contribution in [3.63, 3.8) is 0 Å². The van der Waals surface area contributed by atoms with Crippen LogP contribution in [0.1, 0.15) is 52.4 Å². The molecule has 4 heteroatoms. The number of carbonyl (C=O) groups is 1. The summed E-state index contributed by atoms with van der Waals surface area (Å²) >= 11 is 0. The van der Waals surface area contributed by atoms with E-state index in [9.17, 15) is 4.79 Å². The molecule has 0 bridgehead atoms. The van der Waals surface area contributed by atoms with Gasteiger partial charge in [-0.25, -0.2) is 0 Å². The van der Waals surface area contributed by atoms with E-state index in [-0.39, 0.29) is 18.6 Å². The highest BCUT2D eigenvalue weighted by Gasteiger charge is 2.17. The van der Waals surface area contributed by atoms with Crippen LogP contribution in [0.3, 0.4) is 0 Å². The Kier molecular flexibility index (Phi) is 6.74. The first-order valence-electron chi connectivity index (χ1n) is 6.92. The molecule has 0 saturated heterocycles. The minimum atomic E-state index is -0.396. The fourth-order valence-corrected chi connectivity index (χ4v) is 2.28. The molecule has 1 aliphatic carbocycles. The molecule has 1 rings (SSSR count). The maximum atomic E-state index is 11.6. The van der Waals surface area contributed by atoms with Crippen LogP contribution in [0, 0.1) is 17.2 Å². The van der Waals surface area contributed by atoms with Gasteiger partial charge in [0, 0.05) is 0 Å². The van der Waals surface area contributed by atoms with Crippen LogP contribution in [0.4, 0.5) is 0 Å². The number of rotatable bonds is 6. The van der Waals surface area contributed by atoms with Crippen molar-refractivity contribution in [3.05, 3.63) is 0 Å². The summed E-state index contributed by atoms with van der Waals surface area (Å²) in [5.74, 6) is 0.224. The Labute approximate surface area is 110 Å². The number of hydrogen-bond acceptors (Lipinski definition) is 3. The zero-order valence-electron chi connectivity index (χ0n) is 11.4. The van der Waals surface area contributed by atoms with Gasteiger partial charge < -0.3 is 10.1 Å². The quantitative estimate of drug-likeness (QED) is 0.789. The monoisotopic (exact) mass is 252 g/mol. The Morgan fingerprint density at radius 1 is 1.39 bits per heavy atom. The molecule has 1 saturated carbocycles. The van der Waals surface area contributed by atoms with Gasteiger partial charge in [-0.1, -0.05) is 33.1 Å². The third kappa shape index (κ3) is 6.02. The van der Waals surface area contributed by atoms with E-state index in [4.69, 9.17) is 10.00 Å². The molecule has 0 heterocycles. The summed E-state index contributed by atoms with van der Waals surface area (Å²) in [4.78, 5) is 11.6. The highest BCUT2D eigenvalue weighted by atomic mass is 16.5. The minimum absolute atomic E-state index is 0.0843. The van der Waals surface area contributed by atoms with Crippen molar-refractivity contribution >= 4 is 5.91 Å². The number of nitriles is 1. The maximum absolute atomic E-state index is 11.6. The molecule has 1 N–H and O–H groups in total. The van der Waals surface area contributed by atoms with Crippen molar-refractivity contribution in [1.29, 1.82) is 5.26 Å². The van der Waals surface area contributed by atoms with Gasteiger partial charge in [-0.15, -0.1) is 0 Å². The lowest BCUT2D eigenvalue weighted by molar-refractivity contribution is -0.128. The van der Waals surface area contributed by atoms with E-state index in [0.29, 0.717) is 12.3 Å². The molecule has 1 atom stereocenters. The van der Waals surface area contributed by atoms with Crippen molar-refractivity contribution in [2.45, 2.75) is 64.5 Å². The van der Waals surface area contributed by atoms with Crippen LogP contribution in [-0.4, -0.2) is 24.7 Å². The normalized spacial score (nSPS) is 18.3. The van der Waals surface area contributed by atoms with Crippen molar-refractivity contribution < 1.29 is 9.53 Å². The van der Waals surface area contributed by atoms with Crippen molar-refractivity contribution in [1.82, 2.24) is 5.32 Å². The summed E-state index contributed by atoms with van der Waals surface area (Å²) in [6.07, 6.45) is 6.70. The fraction of sp³-hybridized carbons (Fsp3) is 0.857. The van der Waals surface area contributed by atoms with Gasteiger partial charge >= 0.3 is 0 Å². The number of nitrogens with zero attached hydrogens (tertiary/aromatic N) is 1. The van der Waals surface area contributed by atoms with Crippen LogP contribution >= 0.6 is 0 Å². The third-order valence-electron chi connectivity index (χ3n) is 3.20. The van der Waals surface area contributed by atoms with E-state index in [1.807, 2.05) is 13.8 Å². The molecule has 1 fully saturated rings. The average Bonchev–Trinajstić information content (AvgIpc) is 2.36. The molecule has 0 aromatic rings. The molecule has 0 spiro atoms. The lowest BCUT2D eigenvalue weighted by Crippen LogP contribution is -2.38. The highest BCUT2D eigenvalue weighted by molar-refractivity contribution is 5.77. The molecule has 0 aliphatic heterocycles. The smallest absolute Gasteiger partial charge is 0.247 e. The van der Waals surface area contributed by atoms with Gasteiger partial charge in [0.25, 0.3) is 0 Å². The van der Waals surface area contributed by atoms with Crippen LogP contribution in [0.15, 0.2) is 0 Å². The molecule has 0 aromatic carbocycles. The Morgan fingerprint density at radius 3 is 2.61 bits per heavy atom. The predicted octanol–water partition coefficient (Wildman–Crippen LogP) is 2.39. The molecule has 0 aromatic heterocycles. The number of nitrogens with one attached hydrogen (secondary N) is 1. The molecule has 102 valence electrons. The first kappa shape index (κ1) is 15.0. The zero-order chi connectivity index (χ0) is 13.4. The highest BCUT2D eigenvalue weighted by Crippen LogP contribution is 2.19. The summed E-state index contributed by atoms with van der Waals surface area (Å²) in [7, 11) is 0. The Bertz CT molecular complexity index is 291. The number of hydrogen-bond donors (Lipinski definition) is 1. The fourth-order valence-electron chi connectivity index (χ4n) is 2.28. The topological polar surface area (TPSA) is 62.1 Å². The van der Waals surface area contributed by atoms with E-state index in [1.54, 1.807) is 0 Å². The van der Waals surface area contributed by atoms with Crippen LogP contribution in [0.5, 0.6) is 0 Å². The maximum Gasteiger partial charge on any atom is 0.247 e. The molecule has 4 nitrogen and oxygen atoms in total. The second-order valence-corrected chi connectivity index (χ2v) is 5.45. The van der Waals surface area contributed by atoms with Crippen LogP contribution in [-0.2, 0) is 9.53 Å². The first-order chi connectivity index (χ1) is 8.61. The van der Waals surface area contributed by atoms with Crippen LogP contribution in [0.2, 0.25) is 0 Å². The number of ether oxygens (including phenoxy) is 1. The summed E-state index contributed by atoms with van der Waals surface area (Å²) in [6, 6.07) is 1.72. The summed E-state index contributed by atoms with van der Waals surface area (Å²) in [6.45, 7) is 4.16. The van der Waals surface area contributed by atoms with E-state index < -0.39 is 6.04 Å². The van der Waals surface area contributed by atoms with Gasteiger partial charge in [-0.05, 0) is 25.2 Å². The van der Waals surface area contributed by atoms with Gasteiger partial charge in [0.15, 0.2) is 0 Å². The van der Waals surface area contributed by atoms with Crippen molar-refractivity contribution in [3.8, 4) is 6.07 Å². The third-order valence-corrected chi connectivity index (χ3v) is 3.20. The second-order valence-electron chi connectivity index (χ2n) is 5.45. The van der Waals surface area contributed by atoms with Crippen LogP contribution < -0.4 is 5.32 Å². The van der Waals surface area contributed by atoms with E-state index in [0.717, 1.165) is 12.8 Å². The van der Waals surface area contributed by atoms with Gasteiger partial charge in [0.05, 0.1) is 12.2 Å². The lowest BCUT2D eigenvalue weighted by Gasteiger charge is -2.22. The lowest BCUT2D eigenvalue weighted by atomic mass is 9.98. The SMILES string of the molecule is CC(C)CC(C#N)NC(=O)COC1CCCCC1. The van der Waals surface area contributed by atoms with E-state index in [1.165, 1.54) is 19.3 Å². The number of amides is 1. The second kappa shape index (κ2) is 8.10. The van der Waals surface area contributed by atoms with Crippen molar-refractivity contribution in [2.75, 3.05) is 6.61 Å². The largest absolute Gasteiger partial charge is 0.368 e. The summed E-state index contributed by atoms with van der Waals surface area (Å²) in [5, 5.41) is 11.6. The number of carbonyl (C=O) groups excluding carboxylic acids is 1. The van der Waals surface area contributed by atoms with E-state index >= 15 is 0 Å². The van der Waals surface area contributed by atoms with Crippen molar-refractivity contribution in [2.24, 2.45) is 5.92 Å². The molecule has 18 heavy (non-hydrogen) atoms. The molecule has 1 aliphatic rings. The van der Waals surface area contributed by atoms with E-state index in [2.05, 4.69) is 11.4 Å². The minimum Gasteiger partial charge on any atom is -0.368 e. The Hall–Kier alpha value is -1.08. The molecule has 1 unspecified atom stereocenters. The molecule has 1 amide bonds. The van der Waals surface area contributed by atoms with Gasteiger partial charge in [0.1, 0.15) is 12.6 Å².